The van der Waals surface area contributed by atoms with Crippen molar-refractivity contribution in [3.05, 3.63) is 65.4 Å². The molecule has 1 aromatic heterocycles. The Balaban J connectivity index is 1.81. The number of methoxy groups -OCH3 is 1. The van der Waals surface area contributed by atoms with E-state index in [4.69, 9.17) is 9.47 Å². The number of fused-ring (bicyclic) bond motifs is 1. The van der Waals surface area contributed by atoms with E-state index in [1.54, 1.807) is 7.11 Å². The lowest BCUT2D eigenvalue weighted by Crippen LogP contribution is -2.30. The molecule has 0 saturated carbocycles. The Kier molecular flexibility index (Phi) is 6.26. The van der Waals surface area contributed by atoms with E-state index in [1.165, 1.54) is 0 Å². The number of ether oxygens (including phenoxy) is 2. The van der Waals surface area contributed by atoms with Crippen LogP contribution in [0.1, 0.15) is 60.8 Å². The molecule has 1 aliphatic rings. The molecule has 1 atom stereocenters. The standard InChI is InChI=1S/C25H29N3O3/c1-4-6-14-28-24(18-12-13-19(31-15-5-2)20(16-18)30-3)21-22(17-10-8-7-9-11-17)26-27-23(21)25(28)29/h7-13,16,24H,4-6,14-15H2,1-3H3,(H,26,27). The summed E-state index contributed by atoms with van der Waals surface area (Å²) in [6, 6.07) is 15.7. The molecule has 2 heterocycles. The van der Waals surface area contributed by atoms with Crippen molar-refractivity contribution in [2.24, 2.45) is 0 Å². The molecule has 1 unspecified atom stereocenters. The molecule has 4 rings (SSSR count). The molecule has 6 heteroatoms. The van der Waals surface area contributed by atoms with Crippen LogP contribution in [0.5, 0.6) is 11.5 Å². The van der Waals surface area contributed by atoms with Gasteiger partial charge in [0.15, 0.2) is 11.5 Å². The first-order valence-corrected chi connectivity index (χ1v) is 10.9. The third-order valence-electron chi connectivity index (χ3n) is 5.63. The van der Waals surface area contributed by atoms with Gasteiger partial charge in [-0.1, -0.05) is 56.7 Å². The lowest BCUT2D eigenvalue weighted by Gasteiger charge is -2.27. The number of amides is 1. The number of H-pyrrole nitrogens is 1. The number of nitrogens with one attached hydrogen (secondary N) is 1. The number of carbonyl (C=O) groups is 1. The molecule has 0 aliphatic carbocycles. The fraction of sp³-hybridized carbons (Fsp3) is 0.360. The summed E-state index contributed by atoms with van der Waals surface area (Å²) in [4.78, 5) is 15.2. The first-order valence-electron chi connectivity index (χ1n) is 10.9. The Labute approximate surface area is 183 Å². The van der Waals surface area contributed by atoms with Crippen LogP contribution in [0.3, 0.4) is 0 Å². The third-order valence-corrected chi connectivity index (χ3v) is 5.63. The molecule has 31 heavy (non-hydrogen) atoms. The number of aromatic nitrogens is 2. The molecular weight excluding hydrogens is 390 g/mol. The molecule has 1 aliphatic heterocycles. The smallest absolute Gasteiger partial charge is 0.273 e. The molecule has 162 valence electrons. The number of hydrogen-bond donors (Lipinski definition) is 1. The molecule has 0 spiro atoms. The van der Waals surface area contributed by atoms with E-state index in [2.05, 4.69) is 24.0 Å². The van der Waals surface area contributed by atoms with E-state index >= 15 is 0 Å². The molecule has 6 nitrogen and oxygen atoms in total. The largest absolute Gasteiger partial charge is 0.493 e. The van der Waals surface area contributed by atoms with Crippen LogP contribution >= 0.6 is 0 Å². The van der Waals surface area contributed by atoms with Crippen molar-refractivity contribution in [1.82, 2.24) is 15.1 Å². The molecular formula is C25H29N3O3. The fourth-order valence-electron chi connectivity index (χ4n) is 4.10. The van der Waals surface area contributed by atoms with E-state index in [1.807, 2.05) is 53.4 Å². The Morgan fingerprint density at radius 3 is 2.58 bits per heavy atom. The average molecular weight is 420 g/mol. The van der Waals surface area contributed by atoms with Crippen molar-refractivity contribution in [1.29, 1.82) is 0 Å². The van der Waals surface area contributed by atoms with Crippen molar-refractivity contribution in [3.8, 4) is 22.8 Å². The molecule has 3 aromatic rings. The topological polar surface area (TPSA) is 67.5 Å². The second-order valence-corrected chi connectivity index (χ2v) is 7.74. The first kappa shape index (κ1) is 21.0. The Morgan fingerprint density at radius 1 is 1.06 bits per heavy atom. The van der Waals surface area contributed by atoms with Crippen molar-refractivity contribution >= 4 is 5.91 Å². The monoisotopic (exact) mass is 419 g/mol. The van der Waals surface area contributed by atoms with Crippen molar-refractivity contribution in [3.63, 3.8) is 0 Å². The van der Waals surface area contributed by atoms with Crippen molar-refractivity contribution < 1.29 is 14.3 Å². The first-order chi connectivity index (χ1) is 15.2. The van der Waals surface area contributed by atoms with Crippen LogP contribution in [0.2, 0.25) is 0 Å². The molecule has 0 saturated heterocycles. The lowest BCUT2D eigenvalue weighted by molar-refractivity contribution is 0.0741. The van der Waals surface area contributed by atoms with Crippen LogP contribution in [0.4, 0.5) is 0 Å². The van der Waals surface area contributed by atoms with Gasteiger partial charge in [0.25, 0.3) is 5.91 Å². The maximum absolute atomic E-state index is 13.3. The minimum Gasteiger partial charge on any atom is -0.493 e. The molecule has 1 N–H and O–H groups in total. The van der Waals surface area contributed by atoms with Gasteiger partial charge in [-0.3, -0.25) is 9.89 Å². The van der Waals surface area contributed by atoms with Gasteiger partial charge in [0.05, 0.1) is 25.5 Å². The van der Waals surface area contributed by atoms with Gasteiger partial charge >= 0.3 is 0 Å². The zero-order valence-electron chi connectivity index (χ0n) is 18.4. The SMILES string of the molecule is CCCCN1C(=O)c2[nH]nc(-c3ccccc3)c2C1c1ccc(OCCC)c(OC)c1. The van der Waals surface area contributed by atoms with Crippen LogP contribution < -0.4 is 9.47 Å². The van der Waals surface area contributed by atoms with Crippen LogP contribution in [0.15, 0.2) is 48.5 Å². The minimum absolute atomic E-state index is 0.00610. The molecule has 1 amide bonds. The summed E-state index contributed by atoms with van der Waals surface area (Å²) >= 11 is 0. The maximum Gasteiger partial charge on any atom is 0.273 e. The summed E-state index contributed by atoms with van der Waals surface area (Å²) in [5.41, 5.74) is 4.30. The van der Waals surface area contributed by atoms with Crippen LogP contribution in [-0.4, -0.2) is 41.3 Å². The second kappa shape index (κ2) is 9.25. The van der Waals surface area contributed by atoms with E-state index in [-0.39, 0.29) is 11.9 Å². The van der Waals surface area contributed by atoms with Crippen molar-refractivity contribution in [2.75, 3.05) is 20.3 Å². The van der Waals surface area contributed by atoms with Gasteiger partial charge in [-0.15, -0.1) is 0 Å². The second-order valence-electron chi connectivity index (χ2n) is 7.74. The molecule has 0 bridgehead atoms. The van der Waals surface area contributed by atoms with Gasteiger partial charge in [0, 0.05) is 17.7 Å². The van der Waals surface area contributed by atoms with Gasteiger partial charge in [-0.2, -0.15) is 5.10 Å². The molecule has 2 aromatic carbocycles. The summed E-state index contributed by atoms with van der Waals surface area (Å²) in [6.45, 7) is 5.52. The van der Waals surface area contributed by atoms with Crippen LogP contribution in [0.25, 0.3) is 11.3 Å². The van der Waals surface area contributed by atoms with E-state index in [0.717, 1.165) is 41.6 Å². The number of nitrogens with zero attached hydrogens (tertiary/aromatic N) is 2. The average Bonchev–Trinajstić information content (AvgIpc) is 3.35. The van der Waals surface area contributed by atoms with Gasteiger partial charge < -0.3 is 14.4 Å². The van der Waals surface area contributed by atoms with Crippen LogP contribution in [-0.2, 0) is 0 Å². The quantitative estimate of drug-likeness (QED) is 0.516. The number of unbranched alkanes of at least 4 members (excludes halogenated alkanes) is 1. The third kappa shape index (κ3) is 3.90. The Bertz CT molecular complexity index is 1050. The fourth-order valence-corrected chi connectivity index (χ4v) is 4.10. The number of aromatic amines is 1. The zero-order valence-corrected chi connectivity index (χ0v) is 18.4. The summed E-state index contributed by atoms with van der Waals surface area (Å²) in [6.07, 6.45) is 2.88. The zero-order chi connectivity index (χ0) is 21.8. The van der Waals surface area contributed by atoms with Crippen LogP contribution in [0, 0.1) is 0 Å². The highest BCUT2D eigenvalue weighted by Crippen LogP contribution is 2.44. The summed E-state index contributed by atoms with van der Waals surface area (Å²) in [7, 11) is 1.64. The van der Waals surface area contributed by atoms with Gasteiger partial charge in [-0.25, -0.2) is 0 Å². The van der Waals surface area contributed by atoms with Crippen molar-refractivity contribution in [2.45, 2.75) is 39.2 Å². The normalized spacial score (nSPS) is 15.3. The predicted octanol–water partition coefficient (Wildman–Crippen LogP) is 5.22. The minimum atomic E-state index is -0.225. The van der Waals surface area contributed by atoms with E-state index in [9.17, 15) is 4.79 Å². The van der Waals surface area contributed by atoms with Gasteiger partial charge in [-0.05, 0) is 30.5 Å². The molecule has 0 fully saturated rings. The highest BCUT2D eigenvalue weighted by molar-refractivity contribution is 6.00. The number of carbonyl (C=O) groups excluding carboxylic acids is 1. The van der Waals surface area contributed by atoms with E-state index < -0.39 is 0 Å². The maximum atomic E-state index is 13.3. The Morgan fingerprint density at radius 2 is 1.87 bits per heavy atom. The summed E-state index contributed by atoms with van der Waals surface area (Å²) in [5.74, 6) is 1.38. The highest BCUT2D eigenvalue weighted by atomic mass is 16.5. The predicted molar refractivity (Wildman–Crippen MR) is 121 cm³/mol. The number of hydrogen-bond acceptors (Lipinski definition) is 4. The number of rotatable bonds is 9. The highest BCUT2D eigenvalue weighted by Gasteiger charge is 2.42. The van der Waals surface area contributed by atoms with Gasteiger partial charge in [0.2, 0.25) is 0 Å². The number of benzene rings is 2. The summed E-state index contributed by atoms with van der Waals surface area (Å²) < 4.78 is 11.4. The lowest BCUT2D eigenvalue weighted by atomic mass is 9.95. The van der Waals surface area contributed by atoms with E-state index in [0.29, 0.717) is 30.3 Å². The Hall–Kier alpha value is -3.28. The molecule has 0 radical (unpaired) electrons. The van der Waals surface area contributed by atoms with Gasteiger partial charge in [0.1, 0.15) is 5.69 Å². The summed E-state index contributed by atoms with van der Waals surface area (Å²) in [5, 5.41) is 7.53.